The molecule has 0 bridgehead atoms. The fraction of sp³-hybridized carbons (Fsp3) is 0.517. The number of hydrogen-bond acceptors (Lipinski definition) is 4. The zero-order valence-electron chi connectivity index (χ0n) is 21.8. The molecule has 1 amide bonds. The van der Waals surface area contributed by atoms with Gasteiger partial charge in [-0.25, -0.2) is 4.98 Å². The van der Waals surface area contributed by atoms with Gasteiger partial charge in [0.05, 0.1) is 31.3 Å². The molecule has 0 aliphatic rings. The van der Waals surface area contributed by atoms with E-state index in [9.17, 15) is 4.79 Å². The van der Waals surface area contributed by atoms with Crippen LogP contribution in [0.5, 0.6) is 11.5 Å². The maximum absolute atomic E-state index is 13.0. The van der Waals surface area contributed by atoms with Crippen molar-refractivity contribution in [3.63, 3.8) is 0 Å². The van der Waals surface area contributed by atoms with E-state index in [-0.39, 0.29) is 11.9 Å². The normalized spacial score (nSPS) is 12.0. The summed E-state index contributed by atoms with van der Waals surface area (Å²) in [6.45, 7) is 5.16. The van der Waals surface area contributed by atoms with E-state index in [0.717, 1.165) is 29.8 Å². The summed E-state index contributed by atoms with van der Waals surface area (Å²) >= 11 is 0. The molecule has 1 N–H and O–H groups in total. The van der Waals surface area contributed by atoms with Crippen LogP contribution in [0, 0.1) is 0 Å². The summed E-state index contributed by atoms with van der Waals surface area (Å²) in [5, 5.41) is 3.12. The Morgan fingerprint density at radius 3 is 2.26 bits per heavy atom. The highest BCUT2D eigenvalue weighted by atomic mass is 16.5. The van der Waals surface area contributed by atoms with Crippen LogP contribution < -0.4 is 14.8 Å². The van der Waals surface area contributed by atoms with Crippen LogP contribution in [0.25, 0.3) is 11.0 Å². The SMILES string of the molecule is CCCCCCCCCCCn1c(C(C)NC(=O)c2ccc(OC)c(OC)c2)nc2ccccc21. The number of ether oxygens (including phenoxy) is 2. The Morgan fingerprint density at radius 1 is 0.914 bits per heavy atom. The number of carbonyl (C=O) groups is 1. The van der Waals surface area contributed by atoms with Crippen LogP contribution in [-0.4, -0.2) is 29.7 Å². The molecule has 0 saturated heterocycles. The standard InChI is InChI=1S/C29H41N3O3/c1-5-6-7-8-9-10-11-12-15-20-32-25-17-14-13-16-24(25)31-28(32)22(2)30-29(33)23-18-19-26(34-3)27(21-23)35-4/h13-14,16-19,21-22H,5-12,15,20H2,1-4H3,(H,30,33). The number of carbonyl (C=O) groups excluding carboxylic acids is 1. The fourth-order valence-electron chi connectivity index (χ4n) is 4.56. The molecule has 6 heteroatoms. The number of para-hydroxylation sites is 2. The van der Waals surface area contributed by atoms with Gasteiger partial charge in [-0.1, -0.05) is 70.4 Å². The number of aryl methyl sites for hydroxylation is 1. The summed E-state index contributed by atoms with van der Waals surface area (Å²) in [7, 11) is 3.15. The van der Waals surface area contributed by atoms with Crippen molar-refractivity contribution in [3.8, 4) is 11.5 Å². The van der Waals surface area contributed by atoms with E-state index >= 15 is 0 Å². The first kappa shape index (κ1) is 26.6. The Labute approximate surface area is 210 Å². The number of methoxy groups -OCH3 is 2. The number of rotatable bonds is 15. The van der Waals surface area contributed by atoms with Gasteiger partial charge in [-0.15, -0.1) is 0 Å². The summed E-state index contributed by atoms with van der Waals surface area (Å²) in [4.78, 5) is 17.9. The molecule has 35 heavy (non-hydrogen) atoms. The number of hydrogen-bond donors (Lipinski definition) is 1. The summed E-state index contributed by atoms with van der Waals surface area (Å²) in [5.74, 6) is 1.85. The molecule has 1 unspecified atom stereocenters. The summed E-state index contributed by atoms with van der Waals surface area (Å²) in [6.07, 6.45) is 11.7. The third kappa shape index (κ3) is 7.23. The molecule has 0 aliphatic carbocycles. The number of unbranched alkanes of at least 4 members (excludes halogenated alkanes) is 8. The lowest BCUT2D eigenvalue weighted by Gasteiger charge is -2.17. The van der Waals surface area contributed by atoms with Crippen LogP contribution in [0.3, 0.4) is 0 Å². The Balaban J connectivity index is 1.63. The molecular formula is C29H41N3O3. The molecule has 190 valence electrons. The predicted molar refractivity (Wildman–Crippen MR) is 142 cm³/mol. The lowest BCUT2D eigenvalue weighted by Crippen LogP contribution is -2.28. The van der Waals surface area contributed by atoms with Gasteiger partial charge in [-0.2, -0.15) is 0 Å². The average Bonchev–Trinajstić information content (AvgIpc) is 3.26. The van der Waals surface area contributed by atoms with Gasteiger partial charge in [0.1, 0.15) is 5.82 Å². The van der Waals surface area contributed by atoms with Crippen molar-refractivity contribution in [2.45, 2.75) is 84.2 Å². The van der Waals surface area contributed by atoms with Gasteiger partial charge in [0, 0.05) is 12.1 Å². The highest BCUT2D eigenvalue weighted by molar-refractivity contribution is 5.95. The van der Waals surface area contributed by atoms with Gasteiger partial charge in [-0.05, 0) is 43.7 Å². The largest absolute Gasteiger partial charge is 0.493 e. The molecule has 0 aliphatic heterocycles. The number of amides is 1. The average molecular weight is 480 g/mol. The minimum absolute atomic E-state index is 0.167. The first-order valence-electron chi connectivity index (χ1n) is 13.1. The Hall–Kier alpha value is -3.02. The molecular weight excluding hydrogens is 438 g/mol. The van der Waals surface area contributed by atoms with Gasteiger partial charge in [-0.3, -0.25) is 4.79 Å². The van der Waals surface area contributed by atoms with Crippen LogP contribution in [0.1, 0.15) is 93.9 Å². The monoisotopic (exact) mass is 479 g/mol. The molecule has 2 aromatic carbocycles. The predicted octanol–water partition coefficient (Wildman–Crippen LogP) is 7.08. The third-order valence-electron chi connectivity index (χ3n) is 6.55. The van der Waals surface area contributed by atoms with Crippen molar-refractivity contribution in [1.29, 1.82) is 0 Å². The molecule has 0 fully saturated rings. The summed E-state index contributed by atoms with van der Waals surface area (Å²) in [6, 6.07) is 13.2. The van der Waals surface area contributed by atoms with E-state index in [4.69, 9.17) is 14.5 Å². The highest BCUT2D eigenvalue weighted by Crippen LogP contribution is 2.28. The van der Waals surface area contributed by atoms with E-state index < -0.39 is 0 Å². The van der Waals surface area contributed by atoms with Crippen molar-refractivity contribution >= 4 is 16.9 Å². The van der Waals surface area contributed by atoms with Crippen molar-refractivity contribution in [1.82, 2.24) is 14.9 Å². The van der Waals surface area contributed by atoms with E-state index in [1.165, 1.54) is 51.4 Å². The van der Waals surface area contributed by atoms with Crippen molar-refractivity contribution in [2.75, 3.05) is 14.2 Å². The van der Waals surface area contributed by atoms with Gasteiger partial charge in [0.25, 0.3) is 5.91 Å². The number of nitrogens with one attached hydrogen (secondary N) is 1. The lowest BCUT2D eigenvalue weighted by molar-refractivity contribution is 0.0937. The molecule has 1 heterocycles. The fourth-order valence-corrected chi connectivity index (χ4v) is 4.56. The summed E-state index contributed by atoms with van der Waals surface area (Å²) in [5.41, 5.74) is 2.61. The highest BCUT2D eigenvalue weighted by Gasteiger charge is 2.20. The number of aromatic nitrogens is 2. The number of imidazole rings is 1. The minimum atomic E-state index is -0.235. The molecule has 1 aromatic heterocycles. The minimum Gasteiger partial charge on any atom is -0.493 e. The van der Waals surface area contributed by atoms with Crippen LogP contribution >= 0.6 is 0 Å². The Kier molecular flexibility index (Phi) is 10.5. The molecule has 6 nitrogen and oxygen atoms in total. The lowest BCUT2D eigenvalue weighted by atomic mass is 10.1. The second-order valence-electron chi connectivity index (χ2n) is 9.20. The smallest absolute Gasteiger partial charge is 0.251 e. The maximum atomic E-state index is 13.0. The zero-order valence-corrected chi connectivity index (χ0v) is 21.8. The van der Waals surface area contributed by atoms with Gasteiger partial charge >= 0.3 is 0 Å². The molecule has 0 radical (unpaired) electrons. The van der Waals surface area contributed by atoms with Gasteiger partial charge < -0.3 is 19.4 Å². The molecule has 0 spiro atoms. The number of nitrogens with zero attached hydrogens (tertiary/aromatic N) is 2. The van der Waals surface area contributed by atoms with Gasteiger partial charge in [0.2, 0.25) is 0 Å². The Bertz CT molecular complexity index is 1080. The second kappa shape index (κ2) is 13.8. The Morgan fingerprint density at radius 2 is 1.57 bits per heavy atom. The van der Waals surface area contributed by atoms with E-state index in [0.29, 0.717) is 17.1 Å². The van der Waals surface area contributed by atoms with E-state index in [2.05, 4.69) is 22.9 Å². The van der Waals surface area contributed by atoms with Gasteiger partial charge in [0.15, 0.2) is 11.5 Å². The van der Waals surface area contributed by atoms with E-state index in [1.807, 2.05) is 25.1 Å². The maximum Gasteiger partial charge on any atom is 0.251 e. The first-order chi connectivity index (χ1) is 17.1. The topological polar surface area (TPSA) is 65.4 Å². The van der Waals surface area contributed by atoms with Crippen LogP contribution in [0.4, 0.5) is 0 Å². The molecule has 1 atom stereocenters. The summed E-state index contributed by atoms with van der Waals surface area (Å²) < 4.78 is 12.9. The van der Waals surface area contributed by atoms with E-state index in [1.54, 1.807) is 32.4 Å². The van der Waals surface area contributed by atoms with Crippen LogP contribution in [0.2, 0.25) is 0 Å². The molecule has 3 aromatic rings. The van der Waals surface area contributed by atoms with Crippen LogP contribution in [-0.2, 0) is 6.54 Å². The third-order valence-corrected chi connectivity index (χ3v) is 6.55. The second-order valence-corrected chi connectivity index (χ2v) is 9.20. The molecule has 3 rings (SSSR count). The van der Waals surface area contributed by atoms with Crippen LogP contribution in [0.15, 0.2) is 42.5 Å². The number of fused-ring (bicyclic) bond motifs is 1. The van der Waals surface area contributed by atoms with Crippen molar-refractivity contribution < 1.29 is 14.3 Å². The molecule has 0 saturated carbocycles. The van der Waals surface area contributed by atoms with Crippen molar-refractivity contribution in [3.05, 3.63) is 53.9 Å². The number of benzene rings is 2. The van der Waals surface area contributed by atoms with Crippen molar-refractivity contribution in [2.24, 2.45) is 0 Å². The quantitative estimate of drug-likeness (QED) is 0.237. The first-order valence-corrected chi connectivity index (χ1v) is 13.1. The zero-order chi connectivity index (χ0) is 25.0.